The topological polar surface area (TPSA) is 29.5 Å². The summed E-state index contributed by atoms with van der Waals surface area (Å²) in [5, 5.41) is 10.5. The van der Waals surface area contributed by atoms with Gasteiger partial charge >= 0.3 is 0 Å². The van der Waals surface area contributed by atoms with Gasteiger partial charge in [-0.15, -0.1) is 0 Å². The highest BCUT2D eigenvalue weighted by Crippen LogP contribution is 2.32. The number of ether oxygens (including phenoxy) is 1. The van der Waals surface area contributed by atoms with Crippen molar-refractivity contribution in [3.05, 3.63) is 63.9 Å². The van der Waals surface area contributed by atoms with Gasteiger partial charge in [-0.05, 0) is 43.7 Å². The first-order valence-electron chi connectivity index (χ1n) is 6.39. The molecule has 2 rings (SSSR count). The molecular formula is C16H16ClFO2. The van der Waals surface area contributed by atoms with Crippen molar-refractivity contribution in [2.75, 3.05) is 6.61 Å². The maximum atomic E-state index is 13.5. The highest BCUT2D eigenvalue weighted by Gasteiger charge is 2.17. The summed E-state index contributed by atoms with van der Waals surface area (Å²) in [6.07, 6.45) is -0.955. The Morgan fingerprint density at radius 3 is 2.65 bits per heavy atom. The molecule has 0 saturated heterocycles. The van der Waals surface area contributed by atoms with Gasteiger partial charge in [0.25, 0.3) is 0 Å². The second-order valence-electron chi connectivity index (χ2n) is 4.55. The van der Waals surface area contributed by atoms with Gasteiger partial charge in [0.1, 0.15) is 17.7 Å². The molecule has 2 aromatic rings. The van der Waals surface area contributed by atoms with Crippen molar-refractivity contribution in [1.82, 2.24) is 0 Å². The Bertz CT molecular complexity index is 613. The zero-order valence-electron chi connectivity index (χ0n) is 11.4. The molecule has 1 N–H and O–H groups in total. The van der Waals surface area contributed by atoms with Crippen LogP contribution in [0.2, 0.25) is 5.02 Å². The predicted molar refractivity (Wildman–Crippen MR) is 77.8 cm³/mol. The smallest absolute Gasteiger partial charge is 0.142 e. The molecule has 0 spiro atoms. The van der Waals surface area contributed by atoms with E-state index >= 15 is 0 Å². The quantitative estimate of drug-likeness (QED) is 0.912. The lowest BCUT2D eigenvalue weighted by Gasteiger charge is -2.17. The number of aliphatic hydroxyl groups excluding tert-OH is 1. The van der Waals surface area contributed by atoms with Crippen LogP contribution in [0.25, 0.3) is 0 Å². The van der Waals surface area contributed by atoms with Crippen LogP contribution in [0.3, 0.4) is 0 Å². The lowest BCUT2D eigenvalue weighted by molar-refractivity contribution is 0.211. The van der Waals surface area contributed by atoms with Crippen molar-refractivity contribution >= 4 is 11.6 Å². The lowest BCUT2D eigenvalue weighted by atomic mass is 9.99. The minimum absolute atomic E-state index is 0.0372. The Kier molecular flexibility index (Phi) is 4.63. The number of hydrogen-bond acceptors (Lipinski definition) is 2. The molecule has 0 aliphatic rings. The third-order valence-corrected chi connectivity index (χ3v) is 3.33. The molecule has 2 nitrogen and oxygen atoms in total. The van der Waals surface area contributed by atoms with Crippen molar-refractivity contribution in [2.24, 2.45) is 0 Å². The van der Waals surface area contributed by atoms with Crippen LogP contribution in [0.5, 0.6) is 5.75 Å². The van der Waals surface area contributed by atoms with Crippen molar-refractivity contribution in [2.45, 2.75) is 20.0 Å². The van der Waals surface area contributed by atoms with Crippen LogP contribution < -0.4 is 4.74 Å². The van der Waals surface area contributed by atoms with Gasteiger partial charge in [0.15, 0.2) is 0 Å². The SMILES string of the molecule is CCOc1ccc(C)cc1C(O)c1ccc(Cl)c(F)c1. The number of rotatable bonds is 4. The largest absolute Gasteiger partial charge is 0.493 e. The molecular weight excluding hydrogens is 279 g/mol. The van der Waals surface area contributed by atoms with E-state index in [1.54, 1.807) is 6.07 Å². The number of halogens is 2. The van der Waals surface area contributed by atoms with Gasteiger partial charge in [0, 0.05) is 5.56 Å². The summed E-state index contributed by atoms with van der Waals surface area (Å²) in [6.45, 7) is 4.30. The summed E-state index contributed by atoms with van der Waals surface area (Å²) in [5.41, 5.74) is 2.06. The summed E-state index contributed by atoms with van der Waals surface area (Å²) in [4.78, 5) is 0. The van der Waals surface area contributed by atoms with Crippen LogP contribution in [-0.4, -0.2) is 11.7 Å². The first kappa shape index (κ1) is 14.8. The van der Waals surface area contributed by atoms with Crippen LogP contribution >= 0.6 is 11.6 Å². The molecule has 2 aromatic carbocycles. The zero-order valence-corrected chi connectivity index (χ0v) is 12.1. The first-order chi connectivity index (χ1) is 9.52. The van der Waals surface area contributed by atoms with Crippen molar-refractivity contribution in [3.63, 3.8) is 0 Å². The Morgan fingerprint density at radius 1 is 1.25 bits per heavy atom. The molecule has 0 fully saturated rings. The number of aliphatic hydroxyl groups is 1. The molecule has 0 saturated carbocycles. The highest BCUT2D eigenvalue weighted by atomic mass is 35.5. The summed E-state index contributed by atoms with van der Waals surface area (Å²) >= 11 is 5.66. The molecule has 0 aliphatic heterocycles. The van der Waals surface area contributed by atoms with E-state index in [4.69, 9.17) is 16.3 Å². The van der Waals surface area contributed by atoms with E-state index in [9.17, 15) is 9.50 Å². The average Bonchev–Trinajstić information content (AvgIpc) is 2.43. The molecule has 0 bridgehead atoms. The fraction of sp³-hybridized carbons (Fsp3) is 0.250. The second kappa shape index (κ2) is 6.25. The molecule has 4 heteroatoms. The van der Waals surface area contributed by atoms with E-state index in [0.717, 1.165) is 5.56 Å². The average molecular weight is 295 g/mol. The van der Waals surface area contributed by atoms with E-state index in [0.29, 0.717) is 23.5 Å². The molecule has 106 valence electrons. The third kappa shape index (κ3) is 3.11. The van der Waals surface area contributed by atoms with Gasteiger partial charge in [0.05, 0.1) is 11.6 Å². The van der Waals surface area contributed by atoms with Gasteiger partial charge in [-0.2, -0.15) is 0 Å². The minimum atomic E-state index is -0.955. The van der Waals surface area contributed by atoms with E-state index in [1.165, 1.54) is 12.1 Å². The van der Waals surface area contributed by atoms with Crippen molar-refractivity contribution in [3.8, 4) is 5.75 Å². The predicted octanol–water partition coefficient (Wildman–Crippen LogP) is 4.27. The summed E-state index contributed by atoms with van der Waals surface area (Å²) < 4.78 is 19.0. The van der Waals surface area contributed by atoms with Gasteiger partial charge < -0.3 is 9.84 Å². The fourth-order valence-electron chi connectivity index (χ4n) is 2.03. The van der Waals surface area contributed by atoms with Crippen LogP contribution in [0.4, 0.5) is 4.39 Å². The fourth-order valence-corrected chi connectivity index (χ4v) is 2.15. The van der Waals surface area contributed by atoms with Crippen molar-refractivity contribution in [1.29, 1.82) is 0 Å². The molecule has 0 amide bonds. The van der Waals surface area contributed by atoms with Gasteiger partial charge in [0.2, 0.25) is 0 Å². The van der Waals surface area contributed by atoms with Crippen LogP contribution in [-0.2, 0) is 0 Å². The zero-order chi connectivity index (χ0) is 14.7. The monoisotopic (exact) mass is 294 g/mol. The maximum absolute atomic E-state index is 13.5. The molecule has 0 heterocycles. The molecule has 0 radical (unpaired) electrons. The highest BCUT2D eigenvalue weighted by molar-refractivity contribution is 6.30. The van der Waals surface area contributed by atoms with Gasteiger partial charge in [-0.1, -0.05) is 29.3 Å². The number of aryl methyl sites for hydroxylation is 1. The molecule has 1 atom stereocenters. The minimum Gasteiger partial charge on any atom is -0.493 e. The third-order valence-electron chi connectivity index (χ3n) is 3.02. The molecule has 20 heavy (non-hydrogen) atoms. The van der Waals surface area contributed by atoms with Gasteiger partial charge in [-0.3, -0.25) is 0 Å². The summed E-state index contributed by atoms with van der Waals surface area (Å²) in [6, 6.07) is 9.83. The van der Waals surface area contributed by atoms with Gasteiger partial charge in [-0.25, -0.2) is 4.39 Å². The summed E-state index contributed by atoms with van der Waals surface area (Å²) in [7, 11) is 0. The van der Waals surface area contributed by atoms with Crippen LogP contribution in [0, 0.1) is 12.7 Å². The number of hydrogen-bond donors (Lipinski definition) is 1. The Hall–Kier alpha value is -1.58. The maximum Gasteiger partial charge on any atom is 0.142 e. The Balaban J connectivity index is 2.43. The molecule has 0 aromatic heterocycles. The summed E-state index contributed by atoms with van der Waals surface area (Å²) in [5.74, 6) is 0.0507. The Labute approximate surface area is 122 Å². The lowest BCUT2D eigenvalue weighted by Crippen LogP contribution is -2.05. The van der Waals surface area contributed by atoms with Crippen LogP contribution in [0.1, 0.15) is 29.7 Å². The number of benzene rings is 2. The standard InChI is InChI=1S/C16H16ClFO2/c1-3-20-15-7-4-10(2)8-12(15)16(19)11-5-6-13(17)14(18)9-11/h4-9,16,19H,3H2,1-2H3. The normalized spacial score (nSPS) is 12.2. The second-order valence-corrected chi connectivity index (χ2v) is 4.96. The van der Waals surface area contributed by atoms with Crippen molar-refractivity contribution < 1.29 is 14.2 Å². The van der Waals surface area contributed by atoms with E-state index < -0.39 is 11.9 Å². The Morgan fingerprint density at radius 2 is 2.00 bits per heavy atom. The first-order valence-corrected chi connectivity index (χ1v) is 6.77. The van der Waals surface area contributed by atoms with Crippen LogP contribution in [0.15, 0.2) is 36.4 Å². The van der Waals surface area contributed by atoms with E-state index in [1.807, 2.05) is 32.0 Å². The van der Waals surface area contributed by atoms with E-state index in [2.05, 4.69) is 0 Å². The molecule has 0 aliphatic carbocycles. The van der Waals surface area contributed by atoms with E-state index in [-0.39, 0.29) is 5.02 Å². The molecule has 1 unspecified atom stereocenters.